The first-order valence-corrected chi connectivity index (χ1v) is 7.64. The predicted molar refractivity (Wildman–Crippen MR) is 64.2 cm³/mol. The van der Waals surface area contributed by atoms with Crippen LogP contribution >= 0.6 is 29.7 Å². The van der Waals surface area contributed by atoms with Crippen molar-refractivity contribution in [3.63, 3.8) is 0 Å². The number of alkyl halides is 1. The average Bonchev–Trinajstić information content (AvgIpc) is 2.08. The molecule has 1 rings (SSSR count). The maximum Gasteiger partial charge on any atom is 0.236 e. The van der Waals surface area contributed by atoms with E-state index in [1.54, 1.807) is 24.3 Å². The van der Waals surface area contributed by atoms with E-state index in [1.165, 1.54) is 0 Å². The fraction of sp³-hybridized carbons (Fsp3) is 0.250. The molecule has 0 spiro atoms. The third-order valence-corrected chi connectivity index (χ3v) is 4.25. The second-order valence-electron chi connectivity index (χ2n) is 2.57. The van der Waals surface area contributed by atoms with Crippen LogP contribution in [-0.2, 0) is 11.8 Å². The fourth-order valence-corrected chi connectivity index (χ4v) is 3.33. The molecule has 0 amide bonds. The molecule has 1 N–H and O–H groups in total. The minimum atomic E-state index is -2.82. The van der Waals surface area contributed by atoms with Crippen molar-refractivity contribution in [1.29, 1.82) is 0 Å². The van der Waals surface area contributed by atoms with Crippen molar-refractivity contribution in [3.05, 3.63) is 29.3 Å². The van der Waals surface area contributed by atoms with Crippen molar-refractivity contribution in [2.75, 3.05) is 12.0 Å². The van der Waals surface area contributed by atoms with Gasteiger partial charge in [-0.05, 0) is 23.9 Å². The third-order valence-electron chi connectivity index (χ3n) is 1.44. The van der Waals surface area contributed by atoms with Gasteiger partial charge in [-0.3, -0.25) is 0 Å². The van der Waals surface area contributed by atoms with Crippen LogP contribution in [-0.4, -0.2) is 16.9 Å². The van der Waals surface area contributed by atoms with Crippen LogP contribution in [0.15, 0.2) is 24.3 Å². The van der Waals surface area contributed by atoms with Gasteiger partial charge < -0.3 is 9.42 Å². The Kier molecular flexibility index (Phi) is 4.68. The van der Waals surface area contributed by atoms with E-state index in [1.807, 2.05) is 0 Å². The van der Waals surface area contributed by atoms with E-state index in [2.05, 4.69) is 0 Å². The van der Waals surface area contributed by atoms with Gasteiger partial charge in [0.25, 0.3) is 0 Å². The molecular formula is C8H9Cl2O2PS. The zero-order valence-corrected chi connectivity index (χ0v) is 10.4. The molecule has 0 fully saturated rings. The van der Waals surface area contributed by atoms with E-state index in [0.29, 0.717) is 10.8 Å². The Morgan fingerprint density at radius 2 is 2.07 bits per heavy atom. The van der Waals surface area contributed by atoms with Crippen LogP contribution in [0.25, 0.3) is 0 Å². The summed E-state index contributed by atoms with van der Waals surface area (Å²) in [5, 5.41) is 0.436. The summed E-state index contributed by atoms with van der Waals surface area (Å²) in [6, 6.07) is 6.87. The molecule has 0 saturated heterocycles. The minimum absolute atomic E-state index is 0.273. The molecule has 0 aliphatic carbocycles. The topological polar surface area (TPSA) is 29.5 Å². The Morgan fingerprint density at radius 3 is 2.64 bits per heavy atom. The number of benzene rings is 1. The molecule has 2 nitrogen and oxygen atoms in total. The lowest BCUT2D eigenvalue weighted by Gasteiger charge is -2.16. The fourth-order valence-electron chi connectivity index (χ4n) is 0.825. The van der Waals surface area contributed by atoms with Crippen LogP contribution in [0.4, 0.5) is 0 Å². The van der Waals surface area contributed by atoms with Gasteiger partial charge in [-0.25, -0.2) is 0 Å². The molecule has 14 heavy (non-hydrogen) atoms. The van der Waals surface area contributed by atoms with Gasteiger partial charge in [0.05, 0.1) is 5.02 Å². The number of halogens is 2. The van der Waals surface area contributed by atoms with Crippen LogP contribution < -0.4 is 4.52 Å². The molecule has 1 aromatic rings. The third kappa shape index (κ3) is 3.76. The second kappa shape index (κ2) is 5.34. The summed E-state index contributed by atoms with van der Waals surface area (Å²) in [5.74, 6) is 0.684. The van der Waals surface area contributed by atoms with Gasteiger partial charge in [0.2, 0.25) is 6.49 Å². The zero-order chi connectivity index (χ0) is 10.6. The van der Waals surface area contributed by atoms with E-state index in [-0.39, 0.29) is 12.0 Å². The summed E-state index contributed by atoms with van der Waals surface area (Å²) in [7, 11) is 0. The minimum Gasteiger partial charge on any atom is -0.442 e. The molecule has 0 aliphatic rings. The molecule has 6 heteroatoms. The van der Waals surface area contributed by atoms with Crippen LogP contribution in [0.1, 0.15) is 0 Å². The van der Waals surface area contributed by atoms with Crippen LogP contribution in [0.2, 0.25) is 5.02 Å². The normalized spacial score (nSPS) is 14.8. The molecule has 0 bridgehead atoms. The Bertz CT molecular complexity index is 359. The maximum absolute atomic E-state index is 9.65. The number of para-hydroxylation sites is 1. The Balaban J connectivity index is 2.78. The van der Waals surface area contributed by atoms with E-state index in [4.69, 9.17) is 39.5 Å². The molecule has 0 radical (unpaired) electrons. The van der Waals surface area contributed by atoms with Gasteiger partial charge in [-0.2, -0.15) is 0 Å². The Hall–Kier alpha value is 0.210. The molecule has 0 saturated carbocycles. The second-order valence-corrected chi connectivity index (χ2v) is 6.97. The maximum atomic E-state index is 9.65. The molecule has 1 aromatic carbocycles. The first-order valence-electron chi connectivity index (χ1n) is 3.87. The summed E-state index contributed by atoms with van der Waals surface area (Å²) in [6.45, 7) is -2.82. The largest absolute Gasteiger partial charge is 0.442 e. The van der Waals surface area contributed by atoms with E-state index in [9.17, 15) is 4.89 Å². The molecule has 0 aromatic heterocycles. The van der Waals surface area contributed by atoms with E-state index >= 15 is 0 Å². The first-order chi connectivity index (χ1) is 6.55. The summed E-state index contributed by atoms with van der Waals surface area (Å²) in [4.78, 5) is 9.65. The van der Waals surface area contributed by atoms with Crippen molar-refractivity contribution >= 4 is 41.5 Å². The van der Waals surface area contributed by atoms with Crippen molar-refractivity contribution in [2.24, 2.45) is 0 Å². The highest BCUT2D eigenvalue weighted by Crippen LogP contribution is 2.44. The summed E-state index contributed by atoms with van der Waals surface area (Å²) < 4.78 is 5.24. The van der Waals surface area contributed by atoms with E-state index < -0.39 is 6.49 Å². The molecule has 0 heterocycles. The number of rotatable bonds is 4. The highest BCUT2D eigenvalue weighted by atomic mass is 35.5. The lowest BCUT2D eigenvalue weighted by atomic mass is 10.3. The van der Waals surface area contributed by atoms with E-state index in [0.717, 1.165) is 0 Å². The number of hydrogen-bond donors (Lipinski definition) is 1. The number of hydrogen-bond acceptors (Lipinski definition) is 2. The summed E-state index contributed by atoms with van der Waals surface area (Å²) in [6.07, 6.45) is 0.273. The first kappa shape index (κ1) is 12.3. The summed E-state index contributed by atoms with van der Waals surface area (Å²) in [5.41, 5.74) is 0. The molecule has 0 aliphatic heterocycles. The van der Waals surface area contributed by atoms with Gasteiger partial charge >= 0.3 is 0 Å². The van der Waals surface area contributed by atoms with Crippen molar-refractivity contribution in [3.8, 4) is 5.75 Å². The Morgan fingerprint density at radius 1 is 1.43 bits per heavy atom. The standard InChI is InChI=1S/C8H9Cl2O2PS/c9-5-6-13(11,14)12-8-4-2-1-3-7(8)10/h1-4H,5-6H2,(H,11,14). The van der Waals surface area contributed by atoms with Crippen molar-refractivity contribution in [2.45, 2.75) is 0 Å². The van der Waals surface area contributed by atoms with Crippen molar-refractivity contribution in [1.82, 2.24) is 0 Å². The quantitative estimate of drug-likeness (QED) is 0.673. The Labute approximate surface area is 98.0 Å². The molecule has 1 unspecified atom stereocenters. The monoisotopic (exact) mass is 270 g/mol. The van der Waals surface area contributed by atoms with Gasteiger partial charge in [0, 0.05) is 12.0 Å². The lowest BCUT2D eigenvalue weighted by Crippen LogP contribution is -1.98. The lowest BCUT2D eigenvalue weighted by molar-refractivity contribution is 0.485. The highest BCUT2D eigenvalue weighted by molar-refractivity contribution is 8.09. The van der Waals surface area contributed by atoms with Crippen LogP contribution in [0.5, 0.6) is 5.75 Å². The van der Waals surface area contributed by atoms with Gasteiger partial charge in [0.15, 0.2) is 0 Å². The summed E-state index contributed by atoms with van der Waals surface area (Å²) >= 11 is 16.2. The average molecular weight is 271 g/mol. The molecular weight excluding hydrogens is 262 g/mol. The SMILES string of the molecule is OP(=S)(CCCl)Oc1ccccc1Cl. The smallest absolute Gasteiger partial charge is 0.236 e. The highest BCUT2D eigenvalue weighted by Gasteiger charge is 2.15. The van der Waals surface area contributed by atoms with Gasteiger partial charge in [-0.15, -0.1) is 11.6 Å². The van der Waals surface area contributed by atoms with Crippen molar-refractivity contribution < 1.29 is 9.42 Å². The van der Waals surface area contributed by atoms with Gasteiger partial charge in [-0.1, -0.05) is 23.7 Å². The van der Waals surface area contributed by atoms with Gasteiger partial charge in [0.1, 0.15) is 5.75 Å². The molecule has 1 atom stereocenters. The van der Waals surface area contributed by atoms with Crippen LogP contribution in [0, 0.1) is 0 Å². The van der Waals surface area contributed by atoms with Crippen LogP contribution in [0.3, 0.4) is 0 Å². The predicted octanol–water partition coefficient (Wildman–Crippen LogP) is 3.26. The molecule has 78 valence electrons. The zero-order valence-electron chi connectivity index (χ0n) is 7.19.